The summed E-state index contributed by atoms with van der Waals surface area (Å²) in [7, 11) is 0. The molecular weight excluding hydrogens is 347 g/mol. The summed E-state index contributed by atoms with van der Waals surface area (Å²) >= 11 is 6.09. The number of carbonyl (C=O) groups excluding carboxylic acids is 1. The van der Waals surface area contributed by atoms with E-state index in [0.717, 1.165) is 4.90 Å². The van der Waals surface area contributed by atoms with Gasteiger partial charge in [0.25, 0.3) is 0 Å². The second kappa shape index (κ2) is 5.95. The van der Waals surface area contributed by atoms with Crippen LogP contribution in [0, 0.1) is 5.41 Å². The maximum Gasteiger partial charge on any atom is 0.406 e. The highest BCUT2D eigenvalue weighted by molar-refractivity contribution is 6.31. The van der Waals surface area contributed by atoms with Crippen molar-refractivity contribution >= 4 is 23.5 Å². The third-order valence-corrected chi connectivity index (χ3v) is 4.92. The summed E-state index contributed by atoms with van der Waals surface area (Å²) in [5, 5.41) is 9.41. The van der Waals surface area contributed by atoms with Gasteiger partial charge >= 0.3 is 12.1 Å². The predicted molar refractivity (Wildman–Crippen MR) is 81.8 cm³/mol. The number of carbonyl (C=O) groups is 2. The van der Waals surface area contributed by atoms with Crippen molar-refractivity contribution in [1.82, 2.24) is 4.90 Å². The molecule has 1 atom stereocenters. The quantitative estimate of drug-likeness (QED) is 0.894. The van der Waals surface area contributed by atoms with Crippen molar-refractivity contribution < 1.29 is 27.9 Å². The number of amides is 1. The second-order valence-corrected chi connectivity index (χ2v) is 6.87. The topological polar surface area (TPSA) is 57.6 Å². The predicted octanol–water partition coefficient (Wildman–Crippen LogP) is 3.48. The van der Waals surface area contributed by atoms with Gasteiger partial charge in [-0.05, 0) is 31.9 Å². The zero-order valence-electron chi connectivity index (χ0n) is 13.2. The monoisotopic (exact) mass is 363 g/mol. The zero-order valence-corrected chi connectivity index (χ0v) is 13.9. The van der Waals surface area contributed by atoms with E-state index >= 15 is 0 Å². The summed E-state index contributed by atoms with van der Waals surface area (Å²) in [6.07, 6.45) is -5.58. The van der Waals surface area contributed by atoms with Gasteiger partial charge in [-0.25, -0.2) is 0 Å². The minimum atomic E-state index is -4.93. The number of hydrogen-bond acceptors (Lipinski definition) is 2. The van der Waals surface area contributed by atoms with Crippen LogP contribution < -0.4 is 0 Å². The van der Waals surface area contributed by atoms with E-state index in [1.54, 1.807) is 38.1 Å². The molecule has 0 radical (unpaired) electrons. The molecule has 0 spiro atoms. The Morgan fingerprint density at radius 3 is 2.29 bits per heavy atom. The van der Waals surface area contributed by atoms with Crippen molar-refractivity contribution in [1.29, 1.82) is 0 Å². The number of benzene rings is 1. The van der Waals surface area contributed by atoms with Crippen LogP contribution in [0.3, 0.4) is 0 Å². The van der Waals surface area contributed by atoms with Gasteiger partial charge in [0, 0.05) is 18.1 Å². The Morgan fingerprint density at radius 1 is 1.25 bits per heavy atom. The van der Waals surface area contributed by atoms with Crippen LogP contribution >= 0.6 is 11.6 Å². The summed E-state index contributed by atoms with van der Waals surface area (Å²) < 4.78 is 39.7. The van der Waals surface area contributed by atoms with Crippen LogP contribution in [0.5, 0.6) is 0 Å². The smallest absolute Gasteiger partial charge is 0.406 e. The fourth-order valence-corrected chi connectivity index (χ4v) is 3.36. The van der Waals surface area contributed by atoms with Crippen molar-refractivity contribution in [2.45, 2.75) is 31.9 Å². The maximum absolute atomic E-state index is 13.2. The Kier molecular flexibility index (Phi) is 4.61. The maximum atomic E-state index is 13.2. The Hall–Kier alpha value is -1.76. The first-order chi connectivity index (χ1) is 10.9. The van der Waals surface area contributed by atoms with Crippen molar-refractivity contribution in [2.24, 2.45) is 5.41 Å². The molecular formula is C16H17ClF3NO3. The van der Waals surface area contributed by atoms with E-state index in [9.17, 15) is 22.8 Å². The average molecular weight is 364 g/mol. The Bertz CT molecular complexity index is 675. The van der Waals surface area contributed by atoms with Crippen LogP contribution in [0.2, 0.25) is 5.02 Å². The molecule has 4 nitrogen and oxygen atoms in total. The van der Waals surface area contributed by atoms with Crippen LogP contribution in [0.1, 0.15) is 25.8 Å². The largest absolute Gasteiger partial charge is 0.481 e. The zero-order chi connectivity index (χ0) is 18.3. The molecule has 0 saturated carbocycles. The molecule has 2 rings (SSSR count). The van der Waals surface area contributed by atoms with Crippen LogP contribution in [0.25, 0.3) is 0 Å². The molecule has 1 fully saturated rings. The lowest BCUT2D eigenvalue weighted by atomic mass is 9.82. The van der Waals surface area contributed by atoms with Crippen LogP contribution in [0.4, 0.5) is 13.2 Å². The number of carboxylic acid groups (broad SMARTS) is 1. The van der Waals surface area contributed by atoms with Gasteiger partial charge in [-0.2, -0.15) is 13.2 Å². The molecule has 1 aromatic rings. The molecule has 0 aliphatic carbocycles. The van der Waals surface area contributed by atoms with Gasteiger partial charge in [0.05, 0.1) is 5.41 Å². The van der Waals surface area contributed by atoms with Crippen molar-refractivity contribution in [3.63, 3.8) is 0 Å². The number of likely N-dealkylation sites (tertiary alicyclic amines) is 1. The molecule has 1 aliphatic rings. The molecule has 0 aromatic heterocycles. The minimum Gasteiger partial charge on any atom is -0.481 e. The number of rotatable bonds is 3. The summed E-state index contributed by atoms with van der Waals surface area (Å²) in [6, 6.07) is 6.58. The first kappa shape index (κ1) is 18.6. The molecule has 1 heterocycles. The standard InChI is InChI=1S/C16H17ClF3NO3/c1-14(2,10-5-3-4-6-11(10)17)12(22)21-8-7-15(9-21,13(23)24)16(18,19)20/h3-6H,7-9H2,1-2H3,(H,23,24). The SMILES string of the molecule is CC(C)(C(=O)N1CCC(C(=O)O)(C(F)(F)F)C1)c1ccccc1Cl. The third-order valence-electron chi connectivity index (χ3n) is 4.59. The molecule has 1 amide bonds. The summed E-state index contributed by atoms with van der Waals surface area (Å²) in [6.45, 7) is 1.97. The molecule has 132 valence electrons. The summed E-state index contributed by atoms with van der Waals surface area (Å²) in [5.41, 5.74) is -3.60. The van der Waals surface area contributed by atoms with Crippen molar-refractivity contribution in [3.05, 3.63) is 34.9 Å². The fourth-order valence-electron chi connectivity index (χ4n) is 2.99. The molecule has 0 bridgehead atoms. The van der Waals surface area contributed by atoms with Gasteiger partial charge in [-0.3, -0.25) is 9.59 Å². The molecule has 1 aliphatic heterocycles. The van der Waals surface area contributed by atoms with E-state index in [2.05, 4.69) is 0 Å². The lowest BCUT2D eigenvalue weighted by molar-refractivity contribution is -0.227. The van der Waals surface area contributed by atoms with Gasteiger partial charge in [0.15, 0.2) is 5.41 Å². The number of alkyl halides is 3. The molecule has 1 saturated heterocycles. The molecule has 1 aromatic carbocycles. The number of aliphatic carboxylic acids is 1. The lowest BCUT2D eigenvalue weighted by Gasteiger charge is -2.32. The highest BCUT2D eigenvalue weighted by atomic mass is 35.5. The summed E-state index contributed by atoms with van der Waals surface area (Å²) in [5.74, 6) is -2.54. The first-order valence-electron chi connectivity index (χ1n) is 7.28. The van der Waals surface area contributed by atoms with E-state index in [0.29, 0.717) is 10.6 Å². The molecule has 1 N–H and O–H groups in total. The van der Waals surface area contributed by atoms with Gasteiger partial charge in [-0.15, -0.1) is 0 Å². The third kappa shape index (κ3) is 2.85. The first-order valence-corrected chi connectivity index (χ1v) is 7.66. The molecule has 8 heteroatoms. The summed E-state index contributed by atoms with van der Waals surface area (Å²) in [4.78, 5) is 25.0. The molecule has 24 heavy (non-hydrogen) atoms. The highest BCUT2D eigenvalue weighted by Crippen LogP contribution is 2.46. The van der Waals surface area contributed by atoms with Crippen molar-refractivity contribution in [3.8, 4) is 0 Å². The van der Waals surface area contributed by atoms with Crippen molar-refractivity contribution in [2.75, 3.05) is 13.1 Å². The molecule has 1 unspecified atom stereocenters. The normalized spacial score (nSPS) is 21.8. The van der Waals surface area contributed by atoms with E-state index in [-0.39, 0.29) is 6.54 Å². The Balaban J connectivity index is 2.32. The fraction of sp³-hybridized carbons (Fsp3) is 0.500. The van der Waals surface area contributed by atoms with E-state index in [4.69, 9.17) is 16.7 Å². The van der Waals surface area contributed by atoms with Gasteiger partial charge in [0.1, 0.15) is 0 Å². The average Bonchev–Trinajstić information content (AvgIpc) is 2.92. The number of carboxylic acids is 1. The number of nitrogens with zero attached hydrogens (tertiary/aromatic N) is 1. The Morgan fingerprint density at radius 2 is 1.83 bits per heavy atom. The van der Waals surface area contributed by atoms with E-state index in [1.165, 1.54) is 0 Å². The van der Waals surface area contributed by atoms with E-state index < -0.39 is 41.8 Å². The van der Waals surface area contributed by atoms with Gasteiger partial charge in [-0.1, -0.05) is 29.8 Å². The second-order valence-electron chi connectivity index (χ2n) is 6.47. The van der Waals surface area contributed by atoms with Gasteiger partial charge < -0.3 is 10.0 Å². The van der Waals surface area contributed by atoms with Crippen LogP contribution in [-0.4, -0.2) is 41.1 Å². The Labute approximate surface area is 142 Å². The minimum absolute atomic E-state index is 0.265. The van der Waals surface area contributed by atoms with E-state index in [1.807, 2.05) is 0 Å². The highest BCUT2D eigenvalue weighted by Gasteiger charge is 2.64. The number of halogens is 4. The lowest BCUT2D eigenvalue weighted by Crippen LogP contribution is -2.49. The van der Waals surface area contributed by atoms with Gasteiger partial charge in [0.2, 0.25) is 5.91 Å². The van der Waals surface area contributed by atoms with Crippen LogP contribution in [0.15, 0.2) is 24.3 Å². The number of hydrogen-bond donors (Lipinski definition) is 1. The van der Waals surface area contributed by atoms with Crippen LogP contribution in [-0.2, 0) is 15.0 Å².